The highest BCUT2D eigenvalue weighted by molar-refractivity contribution is 5.69. The van der Waals surface area contributed by atoms with Crippen molar-refractivity contribution in [3.05, 3.63) is 0 Å². The molecule has 0 spiro atoms. The second-order valence-electron chi connectivity index (χ2n) is 3.91. The van der Waals surface area contributed by atoms with E-state index in [0.29, 0.717) is 19.6 Å². The number of esters is 1. The average Bonchev–Trinajstić information content (AvgIpc) is 2.26. The molecule has 0 saturated carbocycles. The van der Waals surface area contributed by atoms with Gasteiger partial charge in [0.15, 0.2) is 0 Å². The lowest BCUT2D eigenvalue weighted by atomic mass is 10.1. The summed E-state index contributed by atoms with van der Waals surface area (Å²) in [5.74, 6) is -0.125. The minimum atomic E-state index is -0.142. The van der Waals surface area contributed by atoms with E-state index in [-0.39, 0.29) is 12.1 Å². The smallest absolute Gasteiger partial charge is 0.306 e. The van der Waals surface area contributed by atoms with E-state index in [4.69, 9.17) is 15.2 Å². The standard InChI is InChI=1S/C12H25NO3/c1-3-15-10-11(2)16-12(14)8-6-4-5-7-9-13/h11H,3-10,13H2,1-2H3. The van der Waals surface area contributed by atoms with Gasteiger partial charge in [-0.3, -0.25) is 4.79 Å². The molecule has 0 aromatic carbocycles. The molecule has 4 nitrogen and oxygen atoms in total. The predicted octanol–water partition coefficient (Wildman–Crippen LogP) is 1.86. The quantitative estimate of drug-likeness (QED) is 0.460. The van der Waals surface area contributed by atoms with E-state index in [1.807, 2.05) is 13.8 Å². The zero-order valence-corrected chi connectivity index (χ0v) is 10.5. The van der Waals surface area contributed by atoms with Gasteiger partial charge in [-0.1, -0.05) is 12.8 Å². The van der Waals surface area contributed by atoms with Crippen molar-refractivity contribution in [1.82, 2.24) is 0 Å². The Bertz CT molecular complexity index is 174. The Morgan fingerprint density at radius 3 is 2.56 bits per heavy atom. The van der Waals surface area contributed by atoms with E-state index in [2.05, 4.69) is 0 Å². The van der Waals surface area contributed by atoms with Crippen molar-refractivity contribution < 1.29 is 14.3 Å². The molecule has 0 saturated heterocycles. The molecule has 0 aromatic rings. The normalized spacial score (nSPS) is 12.4. The van der Waals surface area contributed by atoms with E-state index >= 15 is 0 Å². The van der Waals surface area contributed by atoms with Gasteiger partial charge in [-0.15, -0.1) is 0 Å². The van der Waals surface area contributed by atoms with Crippen LogP contribution in [-0.4, -0.2) is 31.8 Å². The maximum atomic E-state index is 11.3. The van der Waals surface area contributed by atoms with Crippen molar-refractivity contribution in [3.63, 3.8) is 0 Å². The maximum absolute atomic E-state index is 11.3. The molecule has 96 valence electrons. The molecule has 0 aromatic heterocycles. The van der Waals surface area contributed by atoms with Crippen molar-refractivity contribution in [3.8, 4) is 0 Å². The molecule has 0 heterocycles. The first-order chi connectivity index (χ1) is 7.70. The fourth-order valence-electron chi connectivity index (χ4n) is 1.37. The molecule has 0 bridgehead atoms. The van der Waals surface area contributed by atoms with E-state index in [1.165, 1.54) is 0 Å². The molecule has 0 fully saturated rings. The lowest BCUT2D eigenvalue weighted by molar-refractivity contribution is -0.151. The summed E-state index contributed by atoms with van der Waals surface area (Å²) in [5.41, 5.74) is 5.38. The summed E-state index contributed by atoms with van der Waals surface area (Å²) in [6.07, 6.45) is 4.43. The maximum Gasteiger partial charge on any atom is 0.306 e. The number of carbonyl (C=O) groups is 1. The molecular weight excluding hydrogens is 206 g/mol. The summed E-state index contributed by atoms with van der Waals surface area (Å²) in [7, 11) is 0. The largest absolute Gasteiger partial charge is 0.460 e. The predicted molar refractivity (Wildman–Crippen MR) is 64.2 cm³/mol. The zero-order chi connectivity index (χ0) is 12.2. The molecule has 0 aliphatic carbocycles. The number of hydrogen-bond acceptors (Lipinski definition) is 4. The van der Waals surface area contributed by atoms with E-state index in [0.717, 1.165) is 32.2 Å². The van der Waals surface area contributed by atoms with E-state index < -0.39 is 0 Å². The van der Waals surface area contributed by atoms with Crippen LogP contribution in [0.25, 0.3) is 0 Å². The number of nitrogens with two attached hydrogens (primary N) is 1. The molecule has 4 heteroatoms. The summed E-state index contributed by atoms with van der Waals surface area (Å²) in [6, 6.07) is 0. The summed E-state index contributed by atoms with van der Waals surface area (Å²) in [6.45, 7) is 5.64. The van der Waals surface area contributed by atoms with Gasteiger partial charge in [0.2, 0.25) is 0 Å². The van der Waals surface area contributed by atoms with Gasteiger partial charge in [0.25, 0.3) is 0 Å². The van der Waals surface area contributed by atoms with Crippen LogP contribution in [0.4, 0.5) is 0 Å². The topological polar surface area (TPSA) is 61.5 Å². The summed E-state index contributed by atoms with van der Waals surface area (Å²) < 4.78 is 10.3. The van der Waals surface area contributed by atoms with Crippen LogP contribution in [0, 0.1) is 0 Å². The Morgan fingerprint density at radius 2 is 1.94 bits per heavy atom. The Morgan fingerprint density at radius 1 is 1.25 bits per heavy atom. The molecule has 0 aliphatic heterocycles. The lowest BCUT2D eigenvalue weighted by Gasteiger charge is -2.12. The fourth-order valence-corrected chi connectivity index (χ4v) is 1.37. The molecule has 1 unspecified atom stereocenters. The second-order valence-corrected chi connectivity index (χ2v) is 3.91. The number of carbonyl (C=O) groups excluding carboxylic acids is 1. The minimum absolute atomic E-state index is 0.125. The number of rotatable bonds is 10. The van der Waals surface area contributed by atoms with Crippen LogP contribution < -0.4 is 5.73 Å². The van der Waals surface area contributed by atoms with Crippen LogP contribution in [-0.2, 0) is 14.3 Å². The van der Waals surface area contributed by atoms with Crippen molar-refractivity contribution in [1.29, 1.82) is 0 Å². The molecule has 0 amide bonds. The van der Waals surface area contributed by atoms with Crippen LogP contribution in [0.15, 0.2) is 0 Å². The van der Waals surface area contributed by atoms with Gasteiger partial charge >= 0.3 is 5.97 Å². The molecule has 2 N–H and O–H groups in total. The number of ether oxygens (including phenoxy) is 2. The minimum Gasteiger partial charge on any atom is -0.460 e. The zero-order valence-electron chi connectivity index (χ0n) is 10.5. The lowest BCUT2D eigenvalue weighted by Crippen LogP contribution is -2.20. The first kappa shape index (κ1) is 15.4. The van der Waals surface area contributed by atoms with Crippen LogP contribution in [0.2, 0.25) is 0 Å². The Balaban J connectivity index is 3.36. The van der Waals surface area contributed by atoms with Crippen molar-refractivity contribution in [2.24, 2.45) is 5.73 Å². The van der Waals surface area contributed by atoms with Gasteiger partial charge in [0, 0.05) is 13.0 Å². The second kappa shape index (κ2) is 10.9. The third-order valence-electron chi connectivity index (χ3n) is 2.22. The first-order valence-corrected chi connectivity index (χ1v) is 6.18. The third-order valence-corrected chi connectivity index (χ3v) is 2.22. The Hall–Kier alpha value is -0.610. The summed E-state index contributed by atoms with van der Waals surface area (Å²) >= 11 is 0. The Kier molecular flexibility index (Phi) is 10.5. The van der Waals surface area contributed by atoms with Gasteiger partial charge < -0.3 is 15.2 Å². The molecular formula is C12H25NO3. The molecule has 16 heavy (non-hydrogen) atoms. The SMILES string of the molecule is CCOCC(C)OC(=O)CCCCCCN. The van der Waals surface area contributed by atoms with Crippen LogP contribution in [0.5, 0.6) is 0 Å². The fraction of sp³-hybridized carbons (Fsp3) is 0.917. The summed E-state index contributed by atoms with van der Waals surface area (Å²) in [5, 5.41) is 0. The van der Waals surface area contributed by atoms with Gasteiger partial charge in [-0.05, 0) is 33.2 Å². The van der Waals surface area contributed by atoms with Gasteiger partial charge in [-0.2, -0.15) is 0 Å². The molecule has 0 aliphatic rings. The van der Waals surface area contributed by atoms with Crippen molar-refractivity contribution >= 4 is 5.97 Å². The highest BCUT2D eigenvalue weighted by Crippen LogP contribution is 2.04. The highest BCUT2D eigenvalue weighted by atomic mass is 16.6. The first-order valence-electron chi connectivity index (χ1n) is 6.18. The molecule has 0 rings (SSSR count). The third kappa shape index (κ3) is 9.93. The highest BCUT2D eigenvalue weighted by Gasteiger charge is 2.08. The number of hydrogen-bond donors (Lipinski definition) is 1. The van der Waals surface area contributed by atoms with Crippen LogP contribution in [0.3, 0.4) is 0 Å². The molecule has 0 radical (unpaired) electrons. The van der Waals surface area contributed by atoms with Crippen LogP contribution in [0.1, 0.15) is 46.0 Å². The van der Waals surface area contributed by atoms with Gasteiger partial charge in [-0.25, -0.2) is 0 Å². The van der Waals surface area contributed by atoms with E-state index in [9.17, 15) is 4.79 Å². The van der Waals surface area contributed by atoms with E-state index in [1.54, 1.807) is 0 Å². The van der Waals surface area contributed by atoms with Crippen molar-refractivity contribution in [2.75, 3.05) is 19.8 Å². The average molecular weight is 231 g/mol. The molecule has 1 atom stereocenters. The van der Waals surface area contributed by atoms with Crippen LogP contribution >= 0.6 is 0 Å². The number of unbranched alkanes of at least 4 members (excludes halogenated alkanes) is 3. The Labute approximate surface area is 98.5 Å². The van der Waals surface area contributed by atoms with Gasteiger partial charge in [0.05, 0.1) is 6.61 Å². The monoisotopic (exact) mass is 231 g/mol. The van der Waals surface area contributed by atoms with Gasteiger partial charge in [0.1, 0.15) is 6.10 Å². The summed E-state index contributed by atoms with van der Waals surface area (Å²) in [4.78, 5) is 11.3. The van der Waals surface area contributed by atoms with Crippen molar-refractivity contribution in [2.45, 2.75) is 52.1 Å².